The fraction of sp³-hybridized carbons (Fsp3) is 0.250. The first-order chi connectivity index (χ1) is 15.2. The van der Waals surface area contributed by atoms with E-state index in [1.807, 2.05) is 0 Å². The summed E-state index contributed by atoms with van der Waals surface area (Å²) >= 11 is 6.11. The average molecular weight is 523 g/mol. The standard InChI is InChI=1S/C20H18ClF3N2O5S2/c1-31-18-8-5-14(11-16(18)21)26-17(12-19(25-26)20(22,23)24)13-3-6-15(7-4-13)33(29,30)10-9-32(2,27)28/h3-8,11-12H,9-10H2,1-2H3. The molecule has 0 N–H and O–H groups in total. The summed E-state index contributed by atoms with van der Waals surface area (Å²) in [4.78, 5) is -0.149. The normalized spacial score (nSPS) is 12.7. The average Bonchev–Trinajstić information content (AvgIpc) is 3.18. The maximum atomic E-state index is 13.4. The number of aromatic nitrogens is 2. The van der Waals surface area contributed by atoms with Gasteiger partial charge in [-0.3, -0.25) is 0 Å². The van der Waals surface area contributed by atoms with Crippen LogP contribution in [0.5, 0.6) is 5.75 Å². The highest BCUT2D eigenvalue weighted by atomic mass is 35.5. The van der Waals surface area contributed by atoms with E-state index in [-0.39, 0.29) is 26.9 Å². The molecule has 3 aromatic rings. The van der Waals surface area contributed by atoms with Crippen molar-refractivity contribution in [2.45, 2.75) is 11.1 Å². The molecule has 13 heteroatoms. The van der Waals surface area contributed by atoms with Gasteiger partial charge in [-0.1, -0.05) is 23.7 Å². The van der Waals surface area contributed by atoms with Gasteiger partial charge >= 0.3 is 6.18 Å². The Morgan fingerprint density at radius 1 is 1.00 bits per heavy atom. The molecule has 0 aliphatic rings. The fourth-order valence-corrected chi connectivity index (χ4v) is 6.05. The lowest BCUT2D eigenvalue weighted by atomic mass is 10.1. The van der Waals surface area contributed by atoms with E-state index in [0.29, 0.717) is 5.75 Å². The van der Waals surface area contributed by atoms with E-state index in [1.165, 1.54) is 49.6 Å². The Kier molecular flexibility index (Phi) is 6.83. The Balaban J connectivity index is 2.05. The van der Waals surface area contributed by atoms with Crippen LogP contribution in [0.3, 0.4) is 0 Å². The predicted octanol–water partition coefficient (Wildman–Crippen LogP) is 4.04. The molecule has 0 amide bonds. The number of ether oxygens (including phenoxy) is 1. The van der Waals surface area contributed by atoms with Gasteiger partial charge in [-0.05, 0) is 36.4 Å². The van der Waals surface area contributed by atoms with Gasteiger partial charge in [0, 0.05) is 11.8 Å². The third-order valence-corrected chi connectivity index (χ3v) is 7.84. The molecule has 0 saturated heterocycles. The van der Waals surface area contributed by atoms with Crippen molar-refractivity contribution in [2.24, 2.45) is 0 Å². The summed E-state index contributed by atoms with van der Waals surface area (Å²) in [5, 5.41) is 3.82. The summed E-state index contributed by atoms with van der Waals surface area (Å²) in [7, 11) is -5.99. The minimum absolute atomic E-state index is 0.0450. The highest BCUT2D eigenvalue weighted by molar-refractivity contribution is 7.94. The Bertz CT molecular complexity index is 1380. The Morgan fingerprint density at radius 2 is 1.64 bits per heavy atom. The molecule has 0 aliphatic carbocycles. The van der Waals surface area contributed by atoms with E-state index in [0.717, 1.165) is 17.0 Å². The van der Waals surface area contributed by atoms with Gasteiger partial charge < -0.3 is 4.74 Å². The molecule has 33 heavy (non-hydrogen) atoms. The maximum Gasteiger partial charge on any atom is 0.435 e. The van der Waals surface area contributed by atoms with Crippen LogP contribution in [-0.4, -0.2) is 51.5 Å². The monoisotopic (exact) mass is 522 g/mol. The quantitative estimate of drug-likeness (QED) is 0.465. The molecular formula is C20H18ClF3N2O5S2. The number of sulfone groups is 2. The third-order valence-electron chi connectivity index (χ3n) is 4.61. The van der Waals surface area contributed by atoms with Gasteiger partial charge in [0.15, 0.2) is 15.5 Å². The van der Waals surface area contributed by atoms with Gasteiger partial charge in [0.1, 0.15) is 15.6 Å². The van der Waals surface area contributed by atoms with Crippen molar-refractivity contribution in [3.63, 3.8) is 0 Å². The van der Waals surface area contributed by atoms with Gasteiger partial charge in [-0.25, -0.2) is 21.5 Å². The number of nitrogens with zero attached hydrogens (tertiary/aromatic N) is 2. The predicted molar refractivity (Wildman–Crippen MR) is 117 cm³/mol. The largest absolute Gasteiger partial charge is 0.495 e. The number of rotatable bonds is 7. The van der Waals surface area contributed by atoms with E-state index in [4.69, 9.17) is 16.3 Å². The molecule has 0 saturated carbocycles. The summed E-state index contributed by atoms with van der Waals surface area (Å²) < 4.78 is 93.5. The molecule has 178 valence electrons. The number of benzene rings is 2. The molecule has 0 fully saturated rings. The maximum absolute atomic E-state index is 13.4. The van der Waals surface area contributed by atoms with Gasteiger partial charge in [-0.15, -0.1) is 0 Å². The van der Waals surface area contributed by atoms with Crippen molar-refractivity contribution >= 4 is 31.3 Å². The third kappa shape index (κ3) is 5.87. The zero-order chi connectivity index (χ0) is 24.6. The van der Waals surface area contributed by atoms with Crippen LogP contribution in [0.25, 0.3) is 16.9 Å². The van der Waals surface area contributed by atoms with Crippen molar-refractivity contribution in [3.05, 3.63) is 59.2 Å². The van der Waals surface area contributed by atoms with Crippen LogP contribution in [0.2, 0.25) is 5.02 Å². The van der Waals surface area contributed by atoms with E-state index in [9.17, 15) is 30.0 Å². The number of hydrogen-bond acceptors (Lipinski definition) is 6. The van der Waals surface area contributed by atoms with Gasteiger partial charge in [0.25, 0.3) is 0 Å². The summed E-state index contributed by atoms with van der Waals surface area (Å²) in [6.45, 7) is 0. The van der Waals surface area contributed by atoms with E-state index in [1.54, 1.807) is 0 Å². The lowest BCUT2D eigenvalue weighted by Crippen LogP contribution is -2.16. The number of halogens is 4. The van der Waals surface area contributed by atoms with Gasteiger partial charge in [0.2, 0.25) is 0 Å². The van der Waals surface area contributed by atoms with Crippen LogP contribution in [0, 0.1) is 0 Å². The molecule has 0 spiro atoms. The first-order valence-corrected chi connectivity index (χ1v) is 13.3. The highest BCUT2D eigenvalue weighted by Crippen LogP contribution is 2.35. The van der Waals surface area contributed by atoms with Gasteiger partial charge in [-0.2, -0.15) is 18.3 Å². The zero-order valence-electron chi connectivity index (χ0n) is 17.3. The van der Waals surface area contributed by atoms with E-state index < -0.39 is 43.1 Å². The molecule has 2 aromatic carbocycles. The van der Waals surface area contributed by atoms with Crippen molar-refractivity contribution in [2.75, 3.05) is 24.9 Å². The fourth-order valence-electron chi connectivity index (χ4n) is 2.92. The van der Waals surface area contributed by atoms with Crippen LogP contribution in [0.4, 0.5) is 13.2 Å². The molecule has 0 radical (unpaired) electrons. The molecule has 0 bridgehead atoms. The van der Waals surface area contributed by atoms with Crippen LogP contribution in [-0.2, 0) is 25.9 Å². The summed E-state index contributed by atoms with van der Waals surface area (Å²) in [5.41, 5.74) is -0.610. The van der Waals surface area contributed by atoms with Crippen molar-refractivity contribution in [1.82, 2.24) is 9.78 Å². The number of hydrogen-bond donors (Lipinski definition) is 0. The Morgan fingerprint density at radius 3 is 2.15 bits per heavy atom. The lowest BCUT2D eigenvalue weighted by Gasteiger charge is -2.11. The molecule has 0 unspecified atom stereocenters. The first kappa shape index (κ1) is 25.1. The zero-order valence-corrected chi connectivity index (χ0v) is 19.7. The second kappa shape index (κ2) is 8.99. The highest BCUT2D eigenvalue weighted by Gasteiger charge is 2.35. The van der Waals surface area contributed by atoms with Crippen LogP contribution < -0.4 is 4.74 Å². The minimum atomic E-state index is -4.72. The van der Waals surface area contributed by atoms with Crippen molar-refractivity contribution in [3.8, 4) is 22.7 Å². The van der Waals surface area contributed by atoms with E-state index in [2.05, 4.69) is 5.10 Å². The molecule has 3 rings (SSSR count). The van der Waals surface area contributed by atoms with Crippen LogP contribution in [0.1, 0.15) is 5.69 Å². The summed E-state index contributed by atoms with van der Waals surface area (Å²) in [6, 6.07) is 10.3. The second-order valence-electron chi connectivity index (χ2n) is 7.12. The second-order valence-corrected chi connectivity index (χ2v) is 11.9. The molecule has 1 aromatic heterocycles. The first-order valence-electron chi connectivity index (χ1n) is 9.23. The smallest absolute Gasteiger partial charge is 0.435 e. The summed E-state index contributed by atoms with van der Waals surface area (Å²) in [6.07, 6.45) is -3.79. The SMILES string of the molecule is COc1ccc(-n2nc(C(F)(F)F)cc2-c2ccc(S(=O)(=O)CCS(C)(=O)=O)cc2)cc1Cl. The van der Waals surface area contributed by atoms with Crippen molar-refractivity contribution in [1.29, 1.82) is 0 Å². The van der Waals surface area contributed by atoms with Crippen LogP contribution >= 0.6 is 11.6 Å². The van der Waals surface area contributed by atoms with Crippen molar-refractivity contribution < 1.29 is 34.7 Å². The number of alkyl halides is 3. The lowest BCUT2D eigenvalue weighted by molar-refractivity contribution is -0.141. The molecular weight excluding hydrogens is 505 g/mol. The molecule has 1 heterocycles. The Hall–Kier alpha value is -2.57. The topological polar surface area (TPSA) is 95.3 Å². The van der Waals surface area contributed by atoms with Gasteiger partial charge in [0.05, 0.1) is 39.9 Å². The van der Waals surface area contributed by atoms with Crippen LogP contribution in [0.15, 0.2) is 53.4 Å². The summed E-state index contributed by atoms with van der Waals surface area (Å²) in [5.74, 6) is -0.822. The van der Waals surface area contributed by atoms with E-state index >= 15 is 0 Å². The molecule has 7 nitrogen and oxygen atoms in total. The minimum Gasteiger partial charge on any atom is -0.495 e. The molecule has 0 aliphatic heterocycles. The Labute approximate surface area is 193 Å². The number of methoxy groups -OCH3 is 1. The molecule has 0 atom stereocenters.